The van der Waals surface area contributed by atoms with Crippen molar-refractivity contribution in [2.75, 3.05) is 31.1 Å². The number of hydrogen-bond acceptors (Lipinski definition) is 5. The highest BCUT2D eigenvalue weighted by Gasteiger charge is 2.30. The van der Waals surface area contributed by atoms with Crippen molar-refractivity contribution < 1.29 is 0 Å². The van der Waals surface area contributed by atoms with Crippen LogP contribution in [0.4, 0.5) is 5.13 Å². The van der Waals surface area contributed by atoms with Gasteiger partial charge in [-0.2, -0.15) is 0 Å². The fraction of sp³-hybridized carbons (Fsp3) is 0.444. The second-order valence-corrected chi connectivity index (χ2v) is 8.25. The molecule has 0 amide bonds. The molecule has 5 nitrogen and oxygen atoms in total. The molecule has 2 saturated heterocycles. The van der Waals surface area contributed by atoms with Gasteiger partial charge < -0.3 is 4.90 Å². The maximum Gasteiger partial charge on any atom is 0.214 e. The Morgan fingerprint density at radius 1 is 1.08 bits per heavy atom. The smallest absolute Gasteiger partial charge is 0.214 e. The second-order valence-electron chi connectivity index (χ2n) is 6.88. The highest BCUT2D eigenvalue weighted by molar-refractivity contribution is 7.20. The second kappa shape index (κ2) is 6.27. The van der Waals surface area contributed by atoms with E-state index in [9.17, 15) is 0 Å². The molecule has 1 aromatic carbocycles. The number of rotatable bonds is 3. The van der Waals surface area contributed by atoms with Gasteiger partial charge in [0.25, 0.3) is 0 Å². The molecule has 130 valence electrons. The van der Waals surface area contributed by atoms with Crippen molar-refractivity contribution >= 4 is 33.0 Å². The summed E-state index contributed by atoms with van der Waals surface area (Å²) in [7, 11) is 0. The summed E-state index contributed by atoms with van der Waals surface area (Å²) in [4.78, 5) is 10.8. The molecule has 5 rings (SSSR count). The average Bonchev–Trinajstić information content (AvgIpc) is 3.36. The van der Waals surface area contributed by atoms with E-state index >= 15 is 0 Å². The van der Waals surface area contributed by atoms with E-state index in [2.05, 4.69) is 9.80 Å². The van der Waals surface area contributed by atoms with E-state index in [0.29, 0.717) is 6.04 Å². The van der Waals surface area contributed by atoms with Crippen LogP contribution in [0.3, 0.4) is 0 Å². The first-order valence-electron chi connectivity index (χ1n) is 8.87. The van der Waals surface area contributed by atoms with E-state index in [1.165, 1.54) is 32.4 Å². The molecule has 3 aromatic rings. The van der Waals surface area contributed by atoms with Crippen molar-refractivity contribution in [1.29, 1.82) is 0 Å². The van der Waals surface area contributed by atoms with Gasteiger partial charge >= 0.3 is 0 Å². The van der Waals surface area contributed by atoms with E-state index in [-0.39, 0.29) is 0 Å². The van der Waals surface area contributed by atoms with Crippen LogP contribution >= 0.6 is 22.9 Å². The van der Waals surface area contributed by atoms with E-state index < -0.39 is 0 Å². The summed E-state index contributed by atoms with van der Waals surface area (Å²) in [5.74, 6) is 0. The Kier molecular flexibility index (Phi) is 3.91. The SMILES string of the molecule is Clc1ccc(-c2cn3nc(N4CCC(N5CCCC5)C4)sc3n2)cc1. The molecule has 2 aromatic heterocycles. The fourth-order valence-corrected chi connectivity index (χ4v) is 4.94. The van der Waals surface area contributed by atoms with Gasteiger partial charge in [0, 0.05) is 29.7 Å². The molecule has 0 spiro atoms. The van der Waals surface area contributed by atoms with Crippen molar-refractivity contribution in [2.24, 2.45) is 0 Å². The standard InChI is InChI=1S/C18H20ClN5S/c19-14-5-3-13(4-6-14)16-12-24-17(20-16)25-18(21-24)23-10-7-15(11-23)22-8-1-2-9-22/h3-6,12,15H,1-2,7-11H2. The Bertz CT molecular complexity index is 849. The van der Waals surface area contributed by atoms with Gasteiger partial charge in [-0.25, -0.2) is 9.50 Å². The summed E-state index contributed by atoms with van der Waals surface area (Å²) in [6, 6.07) is 8.48. The molecule has 7 heteroatoms. The highest BCUT2D eigenvalue weighted by atomic mass is 35.5. The van der Waals surface area contributed by atoms with Gasteiger partial charge in [-0.1, -0.05) is 35.1 Å². The third-order valence-corrected chi connectivity index (χ3v) is 6.50. The fourth-order valence-electron chi connectivity index (χ4n) is 3.90. The lowest BCUT2D eigenvalue weighted by molar-refractivity contribution is 0.260. The molecule has 0 aliphatic carbocycles. The predicted molar refractivity (Wildman–Crippen MR) is 103 cm³/mol. The maximum atomic E-state index is 5.96. The van der Waals surface area contributed by atoms with E-state index in [1.54, 1.807) is 11.3 Å². The first-order valence-corrected chi connectivity index (χ1v) is 10.1. The van der Waals surface area contributed by atoms with Crippen molar-refractivity contribution in [3.63, 3.8) is 0 Å². The third-order valence-electron chi connectivity index (χ3n) is 5.26. The molecule has 2 fully saturated rings. The number of imidazole rings is 1. The minimum atomic E-state index is 0.698. The lowest BCUT2D eigenvalue weighted by atomic mass is 10.2. The van der Waals surface area contributed by atoms with Crippen LogP contribution in [0.1, 0.15) is 19.3 Å². The highest BCUT2D eigenvalue weighted by Crippen LogP contribution is 2.30. The summed E-state index contributed by atoms with van der Waals surface area (Å²) in [5.41, 5.74) is 2.01. The minimum Gasteiger partial charge on any atom is -0.345 e. The molecule has 4 heterocycles. The topological polar surface area (TPSA) is 36.7 Å². The van der Waals surface area contributed by atoms with Crippen LogP contribution < -0.4 is 4.90 Å². The number of hydrogen-bond donors (Lipinski definition) is 0. The Morgan fingerprint density at radius 2 is 1.88 bits per heavy atom. The summed E-state index contributed by atoms with van der Waals surface area (Å²) in [6.07, 6.45) is 5.97. The Balaban J connectivity index is 1.35. The molecular weight excluding hydrogens is 354 g/mol. The molecule has 1 atom stereocenters. The van der Waals surface area contributed by atoms with Gasteiger partial charge in [0.1, 0.15) is 0 Å². The van der Waals surface area contributed by atoms with Gasteiger partial charge in [0.2, 0.25) is 10.1 Å². The molecule has 0 radical (unpaired) electrons. The Labute approximate surface area is 155 Å². The minimum absolute atomic E-state index is 0.698. The number of nitrogens with zero attached hydrogens (tertiary/aromatic N) is 5. The van der Waals surface area contributed by atoms with Crippen LogP contribution in [-0.4, -0.2) is 51.7 Å². The Hall–Kier alpha value is -1.63. The molecule has 0 bridgehead atoms. The van der Waals surface area contributed by atoms with Gasteiger partial charge in [-0.3, -0.25) is 4.90 Å². The zero-order chi connectivity index (χ0) is 16.8. The number of benzene rings is 1. The largest absolute Gasteiger partial charge is 0.345 e. The van der Waals surface area contributed by atoms with Crippen LogP contribution in [0.5, 0.6) is 0 Å². The van der Waals surface area contributed by atoms with Crippen LogP contribution in [0.2, 0.25) is 5.02 Å². The quantitative estimate of drug-likeness (QED) is 0.700. The van der Waals surface area contributed by atoms with Crippen molar-refractivity contribution in [1.82, 2.24) is 19.5 Å². The number of likely N-dealkylation sites (tertiary alicyclic amines) is 1. The van der Waals surface area contributed by atoms with Crippen LogP contribution in [0.15, 0.2) is 30.5 Å². The summed E-state index contributed by atoms with van der Waals surface area (Å²) < 4.78 is 1.91. The molecular formula is C18H20ClN5S. The van der Waals surface area contributed by atoms with E-state index in [4.69, 9.17) is 21.7 Å². The maximum absolute atomic E-state index is 5.96. The number of aromatic nitrogens is 3. The van der Waals surface area contributed by atoms with Crippen LogP contribution in [0.25, 0.3) is 16.2 Å². The van der Waals surface area contributed by atoms with Crippen molar-refractivity contribution in [2.45, 2.75) is 25.3 Å². The number of anilines is 1. The molecule has 0 saturated carbocycles. The number of fused-ring (bicyclic) bond motifs is 1. The summed E-state index contributed by atoms with van der Waals surface area (Å²) in [5, 5.41) is 6.61. The predicted octanol–water partition coefficient (Wildman–Crippen LogP) is 3.79. The average molecular weight is 374 g/mol. The van der Waals surface area contributed by atoms with Gasteiger partial charge in [0.05, 0.1) is 11.9 Å². The lowest BCUT2D eigenvalue weighted by Gasteiger charge is -2.23. The van der Waals surface area contributed by atoms with Crippen LogP contribution in [0, 0.1) is 0 Å². The van der Waals surface area contributed by atoms with Gasteiger partial charge in [-0.15, -0.1) is 5.10 Å². The van der Waals surface area contributed by atoms with E-state index in [1.807, 2.05) is 35.0 Å². The van der Waals surface area contributed by atoms with Crippen molar-refractivity contribution in [3.05, 3.63) is 35.5 Å². The van der Waals surface area contributed by atoms with Gasteiger partial charge in [-0.05, 0) is 44.5 Å². The summed E-state index contributed by atoms with van der Waals surface area (Å²) >= 11 is 7.64. The van der Waals surface area contributed by atoms with E-state index in [0.717, 1.165) is 39.5 Å². The zero-order valence-corrected chi connectivity index (χ0v) is 15.5. The first kappa shape index (κ1) is 15.6. The normalized spacial score (nSPS) is 21.6. The van der Waals surface area contributed by atoms with Crippen LogP contribution in [-0.2, 0) is 0 Å². The third kappa shape index (κ3) is 2.92. The molecule has 2 aliphatic rings. The zero-order valence-electron chi connectivity index (χ0n) is 13.9. The monoisotopic (exact) mass is 373 g/mol. The van der Waals surface area contributed by atoms with Gasteiger partial charge in [0.15, 0.2) is 0 Å². The molecule has 1 unspecified atom stereocenters. The molecule has 2 aliphatic heterocycles. The lowest BCUT2D eigenvalue weighted by Crippen LogP contribution is -2.35. The first-order chi connectivity index (χ1) is 12.3. The summed E-state index contributed by atoms with van der Waals surface area (Å²) in [6.45, 7) is 4.73. The molecule has 0 N–H and O–H groups in total. The molecule has 25 heavy (non-hydrogen) atoms. The number of halogens is 1. The Morgan fingerprint density at radius 3 is 2.64 bits per heavy atom. The van der Waals surface area contributed by atoms with Crippen molar-refractivity contribution in [3.8, 4) is 11.3 Å².